The van der Waals surface area contributed by atoms with Crippen molar-refractivity contribution in [1.82, 2.24) is 25.1 Å². The maximum Gasteiger partial charge on any atom is 0.317 e. The first kappa shape index (κ1) is 15.3. The van der Waals surface area contributed by atoms with Gasteiger partial charge in [-0.25, -0.2) is 9.78 Å². The van der Waals surface area contributed by atoms with Crippen molar-refractivity contribution in [2.75, 3.05) is 32.7 Å². The summed E-state index contributed by atoms with van der Waals surface area (Å²) in [5.41, 5.74) is 2.35. The number of hydrogen-bond donors (Lipinski definition) is 2. The Bertz CT molecular complexity index is 703. The van der Waals surface area contributed by atoms with Gasteiger partial charge in [-0.05, 0) is 24.6 Å². The number of aromatic amines is 1. The lowest BCUT2D eigenvalue weighted by Gasteiger charge is -2.34. The third-order valence-electron chi connectivity index (χ3n) is 4.05. The molecule has 3 amide bonds. The van der Waals surface area contributed by atoms with E-state index in [1.54, 1.807) is 22.2 Å². The summed E-state index contributed by atoms with van der Waals surface area (Å²) in [6, 6.07) is 5.42. The average Bonchev–Trinajstić information content (AvgIpc) is 3.06. The minimum Gasteiger partial charge on any atom is -0.345 e. The Morgan fingerprint density at radius 1 is 1.22 bits per heavy atom. The van der Waals surface area contributed by atoms with E-state index in [0.717, 1.165) is 17.5 Å². The number of benzene rings is 1. The Hall–Kier alpha value is -2.57. The van der Waals surface area contributed by atoms with Gasteiger partial charge in [0, 0.05) is 38.3 Å². The number of H-pyrrole nitrogens is 1. The number of aromatic nitrogens is 2. The largest absolute Gasteiger partial charge is 0.345 e. The summed E-state index contributed by atoms with van der Waals surface area (Å²) in [6.07, 6.45) is 2.53. The second kappa shape index (κ2) is 6.68. The highest BCUT2D eigenvalue weighted by atomic mass is 16.2. The van der Waals surface area contributed by atoms with Crippen LogP contribution in [-0.2, 0) is 0 Å². The third kappa shape index (κ3) is 3.28. The molecule has 2 aromatic rings. The number of imidazole rings is 1. The molecule has 3 rings (SSSR count). The van der Waals surface area contributed by atoms with E-state index in [1.807, 2.05) is 19.1 Å². The number of rotatable bonds is 3. The van der Waals surface area contributed by atoms with E-state index in [4.69, 9.17) is 0 Å². The number of piperazine rings is 1. The molecule has 122 valence electrons. The van der Waals surface area contributed by atoms with Crippen LogP contribution in [0.1, 0.15) is 23.7 Å². The summed E-state index contributed by atoms with van der Waals surface area (Å²) in [7, 11) is 0. The number of carbonyl (C=O) groups excluding carboxylic acids is 2. The minimum absolute atomic E-state index is 0.00452. The van der Waals surface area contributed by atoms with Crippen LogP contribution in [0.5, 0.6) is 0 Å². The summed E-state index contributed by atoms with van der Waals surface area (Å²) < 4.78 is 0. The third-order valence-corrected chi connectivity index (χ3v) is 4.05. The first-order chi connectivity index (χ1) is 11.2. The van der Waals surface area contributed by atoms with E-state index in [2.05, 4.69) is 15.3 Å². The molecule has 7 heteroatoms. The van der Waals surface area contributed by atoms with Crippen LogP contribution in [0.15, 0.2) is 24.5 Å². The molecule has 0 aliphatic carbocycles. The van der Waals surface area contributed by atoms with E-state index in [0.29, 0.717) is 38.3 Å². The molecule has 1 aliphatic heterocycles. The molecule has 1 aromatic heterocycles. The zero-order chi connectivity index (χ0) is 16.2. The number of amides is 3. The minimum atomic E-state index is -0.0437. The van der Waals surface area contributed by atoms with Crippen LogP contribution in [-0.4, -0.2) is 64.4 Å². The average molecular weight is 315 g/mol. The number of carbonyl (C=O) groups is 2. The van der Waals surface area contributed by atoms with Crippen molar-refractivity contribution in [3.63, 3.8) is 0 Å². The van der Waals surface area contributed by atoms with Gasteiger partial charge in [0.25, 0.3) is 5.91 Å². The molecule has 0 unspecified atom stereocenters. The molecule has 2 N–H and O–H groups in total. The fourth-order valence-electron chi connectivity index (χ4n) is 2.71. The van der Waals surface area contributed by atoms with Crippen molar-refractivity contribution in [2.45, 2.75) is 13.3 Å². The molecular formula is C16H21N5O2. The number of fused-ring (bicyclic) bond motifs is 1. The zero-order valence-electron chi connectivity index (χ0n) is 13.2. The zero-order valence-corrected chi connectivity index (χ0v) is 13.2. The molecule has 0 spiro atoms. The van der Waals surface area contributed by atoms with Crippen molar-refractivity contribution in [3.05, 3.63) is 30.1 Å². The maximum absolute atomic E-state index is 12.6. The molecule has 2 heterocycles. The predicted octanol–water partition coefficient (Wildman–Crippen LogP) is 1.44. The molecule has 1 aromatic carbocycles. The van der Waals surface area contributed by atoms with Crippen LogP contribution >= 0.6 is 0 Å². The Morgan fingerprint density at radius 3 is 2.70 bits per heavy atom. The fraction of sp³-hybridized carbons (Fsp3) is 0.438. The van der Waals surface area contributed by atoms with E-state index in [9.17, 15) is 9.59 Å². The van der Waals surface area contributed by atoms with Crippen LogP contribution in [0.25, 0.3) is 11.0 Å². The van der Waals surface area contributed by atoms with Crippen LogP contribution in [0, 0.1) is 0 Å². The summed E-state index contributed by atoms with van der Waals surface area (Å²) >= 11 is 0. The molecular weight excluding hydrogens is 294 g/mol. The maximum atomic E-state index is 12.6. The van der Waals surface area contributed by atoms with Gasteiger partial charge in [0.2, 0.25) is 0 Å². The van der Waals surface area contributed by atoms with Crippen molar-refractivity contribution in [3.8, 4) is 0 Å². The summed E-state index contributed by atoms with van der Waals surface area (Å²) in [4.78, 5) is 35.2. The van der Waals surface area contributed by atoms with Crippen LogP contribution < -0.4 is 5.32 Å². The molecule has 0 bridgehead atoms. The van der Waals surface area contributed by atoms with Gasteiger partial charge in [0.05, 0.1) is 17.4 Å². The molecule has 23 heavy (non-hydrogen) atoms. The lowest BCUT2D eigenvalue weighted by Crippen LogP contribution is -2.53. The Labute approximate surface area is 134 Å². The van der Waals surface area contributed by atoms with Crippen molar-refractivity contribution < 1.29 is 9.59 Å². The Morgan fingerprint density at radius 2 is 1.96 bits per heavy atom. The quantitative estimate of drug-likeness (QED) is 0.899. The summed E-state index contributed by atoms with van der Waals surface area (Å²) in [5.74, 6) is -0.00452. The fourth-order valence-corrected chi connectivity index (χ4v) is 2.71. The topological polar surface area (TPSA) is 81.3 Å². The summed E-state index contributed by atoms with van der Waals surface area (Å²) in [5, 5.41) is 2.87. The highest BCUT2D eigenvalue weighted by Gasteiger charge is 2.24. The normalized spacial score (nSPS) is 15.0. The Kier molecular flexibility index (Phi) is 4.45. The molecule has 0 radical (unpaired) electrons. The highest BCUT2D eigenvalue weighted by molar-refractivity contribution is 5.97. The lowest BCUT2D eigenvalue weighted by atomic mass is 10.1. The van der Waals surface area contributed by atoms with Gasteiger partial charge in [-0.1, -0.05) is 6.92 Å². The van der Waals surface area contributed by atoms with Gasteiger partial charge >= 0.3 is 6.03 Å². The monoisotopic (exact) mass is 315 g/mol. The van der Waals surface area contributed by atoms with Crippen molar-refractivity contribution in [2.24, 2.45) is 0 Å². The van der Waals surface area contributed by atoms with Gasteiger partial charge < -0.3 is 20.1 Å². The second-order valence-corrected chi connectivity index (χ2v) is 5.65. The van der Waals surface area contributed by atoms with Crippen molar-refractivity contribution >= 4 is 23.0 Å². The van der Waals surface area contributed by atoms with E-state index >= 15 is 0 Å². The van der Waals surface area contributed by atoms with Gasteiger partial charge in [-0.3, -0.25) is 4.79 Å². The second-order valence-electron chi connectivity index (χ2n) is 5.65. The SMILES string of the molecule is CCCNC(=O)N1CCN(C(=O)c2ccc3nc[nH]c3c2)CC1. The van der Waals surface area contributed by atoms with Crippen LogP contribution in [0.3, 0.4) is 0 Å². The van der Waals surface area contributed by atoms with Gasteiger partial charge in [0.15, 0.2) is 0 Å². The number of hydrogen-bond acceptors (Lipinski definition) is 3. The molecule has 0 saturated carbocycles. The van der Waals surface area contributed by atoms with Gasteiger partial charge in [-0.2, -0.15) is 0 Å². The lowest BCUT2D eigenvalue weighted by molar-refractivity contribution is 0.0665. The van der Waals surface area contributed by atoms with Gasteiger partial charge in [0.1, 0.15) is 0 Å². The smallest absolute Gasteiger partial charge is 0.317 e. The number of nitrogens with one attached hydrogen (secondary N) is 2. The Balaban J connectivity index is 1.60. The number of nitrogens with zero attached hydrogens (tertiary/aromatic N) is 3. The van der Waals surface area contributed by atoms with E-state index in [1.165, 1.54) is 0 Å². The first-order valence-corrected chi connectivity index (χ1v) is 7.94. The van der Waals surface area contributed by atoms with Crippen LogP contribution in [0.4, 0.5) is 4.79 Å². The van der Waals surface area contributed by atoms with Gasteiger partial charge in [-0.15, -0.1) is 0 Å². The number of urea groups is 1. The summed E-state index contributed by atoms with van der Waals surface area (Å²) in [6.45, 7) is 4.94. The standard InChI is InChI=1S/C16H21N5O2/c1-2-5-17-16(23)21-8-6-20(7-9-21)15(22)12-3-4-13-14(10-12)19-11-18-13/h3-4,10-11H,2,5-9H2,1H3,(H,17,23)(H,18,19). The van der Waals surface area contributed by atoms with Crippen LogP contribution in [0.2, 0.25) is 0 Å². The van der Waals surface area contributed by atoms with Crippen molar-refractivity contribution in [1.29, 1.82) is 0 Å². The predicted molar refractivity (Wildman–Crippen MR) is 87.3 cm³/mol. The van der Waals surface area contributed by atoms with E-state index in [-0.39, 0.29) is 11.9 Å². The molecule has 7 nitrogen and oxygen atoms in total. The highest BCUT2D eigenvalue weighted by Crippen LogP contribution is 2.14. The molecule has 1 saturated heterocycles. The molecule has 1 aliphatic rings. The molecule has 0 atom stereocenters. The first-order valence-electron chi connectivity index (χ1n) is 7.94. The van der Waals surface area contributed by atoms with E-state index < -0.39 is 0 Å². The molecule has 1 fully saturated rings.